The van der Waals surface area contributed by atoms with Gasteiger partial charge in [-0.1, -0.05) is 48.5 Å². The molecule has 2 N–H and O–H groups in total. The number of nitrogens with zero attached hydrogens (tertiary/aromatic N) is 1. The normalized spacial score (nSPS) is 18.6. The van der Waals surface area contributed by atoms with Gasteiger partial charge in [-0.15, -0.1) is 11.8 Å². The minimum Gasteiger partial charge on any atom is -0.480 e. The summed E-state index contributed by atoms with van der Waals surface area (Å²) >= 11 is 1.32. The number of carbonyl (C=O) groups is 3. The molecule has 1 saturated heterocycles. The van der Waals surface area contributed by atoms with E-state index in [1.54, 1.807) is 6.92 Å². The molecule has 2 aromatic rings. The number of alkyl carbamates (subject to hydrolysis) is 1. The lowest BCUT2D eigenvalue weighted by molar-refractivity contribution is -0.138. The Morgan fingerprint density at radius 3 is 2.35 bits per heavy atom. The summed E-state index contributed by atoms with van der Waals surface area (Å²) < 4.78 is 5.49. The molecule has 8 heteroatoms. The van der Waals surface area contributed by atoms with Gasteiger partial charge in [0.2, 0.25) is 5.91 Å². The number of carboxylic acids is 1. The maximum absolute atomic E-state index is 12.6. The maximum Gasteiger partial charge on any atom is 0.407 e. The SMILES string of the molecule is C[C@H](NC(=O)OCC1c2ccccc2-c2ccccc21)C(=O)N1CCSC(C(=O)O)C1. The number of rotatable bonds is 5. The van der Waals surface area contributed by atoms with Crippen molar-refractivity contribution < 1.29 is 24.2 Å². The van der Waals surface area contributed by atoms with Crippen LogP contribution in [0.1, 0.15) is 24.0 Å². The standard InChI is InChI=1S/C23H24N2O5S/c1-14(21(26)25-10-11-31-20(12-25)22(27)28)24-23(29)30-13-19-17-8-4-2-6-15(17)16-7-3-5-9-18(16)19/h2-9,14,19-20H,10-13H2,1H3,(H,24,29)(H,27,28)/t14-,20?/m0/s1. The molecule has 2 aromatic carbocycles. The zero-order valence-electron chi connectivity index (χ0n) is 17.1. The lowest BCUT2D eigenvalue weighted by Gasteiger charge is -2.32. The summed E-state index contributed by atoms with van der Waals surface area (Å²) in [7, 11) is 0. The largest absolute Gasteiger partial charge is 0.480 e. The van der Waals surface area contributed by atoms with Gasteiger partial charge in [-0.3, -0.25) is 9.59 Å². The summed E-state index contributed by atoms with van der Waals surface area (Å²) in [6, 6.07) is 15.3. The van der Waals surface area contributed by atoms with Gasteiger partial charge in [0.05, 0.1) is 0 Å². The molecule has 1 aliphatic heterocycles. The van der Waals surface area contributed by atoms with Crippen molar-refractivity contribution in [1.29, 1.82) is 0 Å². The van der Waals surface area contributed by atoms with Crippen LogP contribution < -0.4 is 5.32 Å². The van der Waals surface area contributed by atoms with E-state index >= 15 is 0 Å². The van der Waals surface area contributed by atoms with Gasteiger partial charge < -0.3 is 20.1 Å². The number of benzene rings is 2. The van der Waals surface area contributed by atoms with Crippen LogP contribution in [0.2, 0.25) is 0 Å². The lowest BCUT2D eigenvalue weighted by Crippen LogP contribution is -2.52. The van der Waals surface area contributed by atoms with Crippen molar-refractivity contribution >= 4 is 29.7 Å². The lowest BCUT2D eigenvalue weighted by atomic mass is 9.98. The van der Waals surface area contributed by atoms with E-state index in [4.69, 9.17) is 4.74 Å². The number of carbonyl (C=O) groups excluding carboxylic acids is 2. The van der Waals surface area contributed by atoms with Gasteiger partial charge in [0.25, 0.3) is 0 Å². The van der Waals surface area contributed by atoms with Crippen LogP contribution in [0.25, 0.3) is 11.1 Å². The second-order valence-corrected chi connectivity index (χ2v) is 8.98. The minimum absolute atomic E-state index is 0.0559. The third-order valence-corrected chi connectivity index (χ3v) is 6.87. The zero-order valence-corrected chi connectivity index (χ0v) is 17.9. The first-order chi connectivity index (χ1) is 15.0. The van der Waals surface area contributed by atoms with Gasteiger partial charge in [-0.2, -0.15) is 0 Å². The molecule has 0 radical (unpaired) electrons. The Morgan fingerprint density at radius 2 is 1.74 bits per heavy atom. The molecule has 1 heterocycles. The smallest absolute Gasteiger partial charge is 0.407 e. The van der Waals surface area contributed by atoms with Crippen LogP contribution in [0.4, 0.5) is 4.79 Å². The van der Waals surface area contributed by atoms with Crippen molar-refractivity contribution in [3.05, 3.63) is 59.7 Å². The van der Waals surface area contributed by atoms with Crippen molar-refractivity contribution in [2.45, 2.75) is 24.1 Å². The van der Waals surface area contributed by atoms with Crippen LogP contribution in [-0.4, -0.2) is 64.7 Å². The topological polar surface area (TPSA) is 95.9 Å². The van der Waals surface area contributed by atoms with Crippen molar-refractivity contribution in [3.63, 3.8) is 0 Å². The van der Waals surface area contributed by atoms with Crippen molar-refractivity contribution in [2.75, 3.05) is 25.4 Å². The number of thioether (sulfide) groups is 1. The van der Waals surface area contributed by atoms with Gasteiger partial charge in [0, 0.05) is 24.8 Å². The fourth-order valence-corrected chi connectivity index (χ4v) is 5.19. The quantitative estimate of drug-likeness (QED) is 0.742. The number of hydrogen-bond acceptors (Lipinski definition) is 5. The number of amides is 2. The Labute approximate surface area is 184 Å². The summed E-state index contributed by atoms with van der Waals surface area (Å²) in [5.41, 5.74) is 4.52. The first kappa shape index (κ1) is 21.2. The van der Waals surface area contributed by atoms with E-state index in [-0.39, 0.29) is 25.0 Å². The molecule has 1 aliphatic carbocycles. The van der Waals surface area contributed by atoms with Crippen molar-refractivity contribution in [1.82, 2.24) is 10.2 Å². The molecule has 162 valence electrons. The van der Waals surface area contributed by atoms with Gasteiger partial charge >= 0.3 is 12.1 Å². The fraction of sp³-hybridized carbons (Fsp3) is 0.348. The van der Waals surface area contributed by atoms with Gasteiger partial charge in [0.15, 0.2) is 0 Å². The number of ether oxygens (including phenoxy) is 1. The van der Waals surface area contributed by atoms with Crippen LogP contribution in [-0.2, 0) is 14.3 Å². The average Bonchev–Trinajstić information content (AvgIpc) is 3.11. The molecule has 1 fully saturated rings. The predicted molar refractivity (Wildman–Crippen MR) is 118 cm³/mol. The van der Waals surface area contributed by atoms with Gasteiger partial charge in [-0.05, 0) is 29.2 Å². The number of hydrogen-bond donors (Lipinski definition) is 2. The maximum atomic E-state index is 12.6. The van der Waals surface area contributed by atoms with E-state index in [2.05, 4.69) is 17.4 Å². The van der Waals surface area contributed by atoms with E-state index in [1.165, 1.54) is 16.7 Å². The number of nitrogens with one attached hydrogen (secondary N) is 1. The Balaban J connectivity index is 1.35. The van der Waals surface area contributed by atoms with E-state index in [0.717, 1.165) is 22.3 Å². The molecular weight excluding hydrogens is 416 g/mol. The predicted octanol–water partition coefficient (Wildman–Crippen LogP) is 2.94. The molecule has 2 amide bonds. The highest BCUT2D eigenvalue weighted by atomic mass is 32.2. The first-order valence-corrected chi connectivity index (χ1v) is 11.2. The van der Waals surface area contributed by atoms with Crippen LogP contribution in [0.15, 0.2) is 48.5 Å². The number of carboxylic acid groups (broad SMARTS) is 1. The highest BCUT2D eigenvalue weighted by molar-refractivity contribution is 8.00. The van der Waals surface area contributed by atoms with E-state index < -0.39 is 23.4 Å². The third kappa shape index (κ3) is 4.39. The summed E-state index contributed by atoms with van der Waals surface area (Å²) in [5, 5.41) is 11.1. The Morgan fingerprint density at radius 1 is 1.13 bits per heavy atom. The van der Waals surface area contributed by atoms with Crippen LogP contribution >= 0.6 is 11.8 Å². The summed E-state index contributed by atoms with van der Waals surface area (Å²) in [6.07, 6.45) is -0.663. The first-order valence-electron chi connectivity index (χ1n) is 10.2. The Kier molecular flexibility index (Phi) is 6.18. The van der Waals surface area contributed by atoms with Crippen molar-refractivity contribution in [3.8, 4) is 11.1 Å². The van der Waals surface area contributed by atoms with Crippen LogP contribution in [0.3, 0.4) is 0 Å². The average molecular weight is 441 g/mol. The van der Waals surface area contributed by atoms with Gasteiger partial charge in [-0.25, -0.2) is 4.79 Å². The monoisotopic (exact) mass is 440 g/mol. The highest BCUT2D eigenvalue weighted by Gasteiger charge is 2.32. The molecule has 0 aromatic heterocycles. The van der Waals surface area contributed by atoms with Crippen LogP contribution in [0, 0.1) is 0 Å². The second kappa shape index (κ2) is 9.01. The Hall–Kier alpha value is -3.00. The second-order valence-electron chi connectivity index (χ2n) is 7.67. The Bertz CT molecular complexity index is 965. The van der Waals surface area contributed by atoms with Crippen molar-refractivity contribution in [2.24, 2.45) is 0 Å². The molecule has 2 atom stereocenters. The molecule has 1 unspecified atom stereocenters. The molecule has 0 spiro atoms. The molecule has 2 aliphatic rings. The molecular formula is C23H24N2O5S. The molecule has 31 heavy (non-hydrogen) atoms. The van der Waals surface area contributed by atoms with E-state index in [0.29, 0.717) is 12.3 Å². The minimum atomic E-state index is -0.931. The molecule has 4 rings (SSSR count). The summed E-state index contributed by atoms with van der Waals surface area (Å²) in [4.78, 5) is 37.7. The van der Waals surface area contributed by atoms with E-state index in [1.807, 2.05) is 36.4 Å². The summed E-state index contributed by atoms with van der Waals surface area (Å²) in [5.74, 6) is -0.736. The number of fused-ring (bicyclic) bond motifs is 3. The third-order valence-electron chi connectivity index (χ3n) is 5.70. The van der Waals surface area contributed by atoms with Gasteiger partial charge in [0.1, 0.15) is 17.9 Å². The zero-order chi connectivity index (χ0) is 22.0. The number of aliphatic carboxylic acids is 1. The highest BCUT2D eigenvalue weighted by Crippen LogP contribution is 2.44. The fourth-order valence-electron chi connectivity index (χ4n) is 4.15. The molecule has 7 nitrogen and oxygen atoms in total. The summed E-state index contributed by atoms with van der Waals surface area (Å²) in [6.45, 7) is 2.35. The molecule has 0 bridgehead atoms. The molecule has 0 saturated carbocycles. The van der Waals surface area contributed by atoms with E-state index in [9.17, 15) is 19.5 Å². The van der Waals surface area contributed by atoms with Crippen LogP contribution in [0.5, 0.6) is 0 Å².